The van der Waals surface area contributed by atoms with Crippen molar-refractivity contribution in [2.45, 2.75) is 19.8 Å². The molecule has 1 aliphatic heterocycles. The number of hydrogen-bond donors (Lipinski definition) is 2. The molecule has 9 nitrogen and oxygen atoms in total. The molecule has 0 aliphatic carbocycles. The Morgan fingerprint density at radius 3 is 2.79 bits per heavy atom. The molecule has 3 aromatic rings. The van der Waals surface area contributed by atoms with Gasteiger partial charge in [-0.3, -0.25) is 9.89 Å². The molecule has 0 bridgehead atoms. The summed E-state index contributed by atoms with van der Waals surface area (Å²) < 4.78 is 21.9. The van der Waals surface area contributed by atoms with Gasteiger partial charge in [0.15, 0.2) is 11.5 Å². The summed E-state index contributed by atoms with van der Waals surface area (Å²) in [4.78, 5) is 11.4. The zero-order valence-electron chi connectivity index (χ0n) is 18.3. The van der Waals surface area contributed by atoms with Crippen LogP contribution in [-0.2, 0) is 4.79 Å². The minimum atomic E-state index is -0.594. The van der Waals surface area contributed by atoms with Gasteiger partial charge in [0.05, 0.1) is 30.9 Å². The number of H-pyrrole nitrogens is 1. The molecule has 2 heterocycles. The van der Waals surface area contributed by atoms with Crippen molar-refractivity contribution >= 4 is 5.97 Å². The number of ether oxygens (including phenoxy) is 4. The van der Waals surface area contributed by atoms with Gasteiger partial charge in [-0.05, 0) is 36.8 Å². The maximum atomic E-state index is 11.4. The number of aromatic amines is 1. The van der Waals surface area contributed by atoms with Crippen LogP contribution in [-0.4, -0.2) is 29.9 Å². The molecule has 0 radical (unpaired) electrons. The number of nitrogens with two attached hydrogens (primary N) is 1. The van der Waals surface area contributed by atoms with Crippen LogP contribution in [0.25, 0.3) is 11.3 Å². The third kappa shape index (κ3) is 4.06. The maximum absolute atomic E-state index is 11.4. The molecule has 1 aliphatic rings. The Hall–Kier alpha value is -4.45. The monoisotopic (exact) mass is 446 g/mol. The van der Waals surface area contributed by atoms with Crippen molar-refractivity contribution < 1.29 is 23.7 Å². The number of nitriles is 1. The third-order valence-corrected chi connectivity index (χ3v) is 5.15. The van der Waals surface area contributed by atoms with Gasteiger partial charge in [0.25, 0.3) is 0 Å². The summed E-state index contributed by atoms with van der Waals surface area (Å²) in [6.45, 7) is 3.75. The number of rotatable bonds is 6. The zero-order chi connectivity index (χ0) is 23.5. The van der Waals surface area contributed by atoms with E-state index in [0.29, 0.717) is 34.9 Å². The topological polar surface area (TPSA) is 132 Å². The molecule has 0 saturated carbocycles. The number of allylic oxidation sites excluding steroid dienone is 1. The highest BCUT2D eigenvalue weighted by Gasteiger charge is 2.36. The van der Waals surface area contributed by atoms with E-state index in [1.54, 1.807) is 18.2 Å². The number of methoxy groups -OCH3 is 1. The summed E-state index contributed by atoms with van der Waals surface area (Å²) in [5.74, 6) is 0.500. The van der Waals surface area contributed by atoms with E-state index < -0.39 is 11.9 Å². The van der Waals surface area contributed by atoms with Crippen molar-refractivity contribution in [3.8, 4) is 40.5 Å². The van der Waals surface area contributed by atoms with Crippen LogP contribution in [0.1, 0.15) is 30.9 Å². The molecule has 0 spiro atoms. The summed E-state index contributed by atoms with van der Waals surface area (Å²) in [6, 6.07) is 14.8. The van der Waals surface area contributed by atoms with Crippen molar-refractivity contribution in [2.24, 2.45) is 5.73 Å². The summed E-state index contributed by atoms with van der Waals surface area (Å²) in [6.07, 6.45) is 0. The Morgan fingerprint density at radius 1 is 1.27 bits per heavy atom. The fraction of sp³-hybridized carbons (Fsp3) is 0.208. The van der Waals surface area contributed by atoms with Crippen LogP contribution < -0.4 is 24.7 Å². The van der Waals surface area contributed by atoms with Gasteiger partial charge in [-0.25, -0.2) is 0 Å². The molecule has 168 valence electrons. The lowest BCUT2D eigenvalue weighted by Crippen LogP contribution is -2.21. The normalized spacial score (nSPS) is 14.7. The molecule has 9 heteroatoms. The molecule has 0 amide bonds. The first-order chi connectivity index (χ1) is 16.0. The van der Waals surface area contributed by atoms with E-state index in [1.165, 1.54) is 14.0 Å². The highest BCUT2D eigenvalue weighted by molar-refractivity contribution is 5.73. The van der Waals surface area contributed by atoms with Crippen molar-refractivity contribution in [3.05, 3.63) is 65.0 Å². The Balaban J connectivity index is 1.88. The van der Waals surface area contributed by atoms with Gasteiger partial charge in [0.2, 0.25) is 11.8 Å². The average Bonchev–Trinajstić information content (AvgIpc) is 3.22. The van der Waals surface area contributed by atoms with Crippen molar-refractivity contribution in [1.82, 2.24) is 10.2 Å². The van der Waals surface area contributed by atoms with E-state index in [2.05, 4.69) is 16.3 Å². The van der Waals surface area contributed by atoms with Crippen LogP contribution in [0.5, 0.6) is 23.1 Å². The van der Waals surface area contributed by atoms with Gasteiger partial charge in [0, 0.05) is 12.5 Å². The fourth-order valence-electron chi connectivity index (χ4n) is 3.81. The van der Waals surface area contributed by atoms with Crippen LogP contribution in [0.3, 0.4) is 0 Å². The molecular weight excluding hydrogens is 424 g/mol. The Morgan fingerprint density at radius 2 is 2.09 bits per heavy atom. The van der Waals surface area contributed by atoms with E-state index in [1.807, 2.05) is 31.2 Å². The molecule has 0 saturated heterocycles. The number of aromatic nitrogens is 2. The number of carbonyl (C=O) groups excluding carboxylic acids is 1. The van der Waals surface area contributed by atoms with Crippen LogP contribution in [0.15, 0.2) is 53.9 Å². The van der Waals surface area contributed by atoms with E-state index >= 15 is 0 Å². The zero-order valence-corrected chi connectivity index (χ0v) is 18.3. The maximum Gasteiger partial charge on any atom is 0.308 e. The Labute approximate surface area is 190 Å². The molecule has 33 heavy (non-hydrogen) atoms. The molecule has 4 rings (SSSR count). The number of fused-ring (bicyclic) bond motifs is 1. The van der Waals surface area contributed by atoms with Crippen LogP contribution in [0.2, 0.25) is 0 Å². The van der Waals surface area contributed by atoms with Crippen molar-refractivity contribution in [3.63, 3.8) is 0 Å². The van der Waals surface area contributed by atoms with E-state index in [-0.39, 0.29) is 23.1 Å². The lowest BCUT2D eigenvalue weighted by atomic mass is 9.83. The van der Waals surface area contributed by atoms with Crippen LogP contribution in [0, 0.1) is 11.3 Å². The number of benzene rings is 2. The van der Waals surface area contributed by atoms with Gasteiger partial charge >= 0.3 is 5.97 Å². The van der Waals surface area contributed by atoms with Gasteiger partial charge in [0.1, 0.15) is 17.4 Å². The number of esters is 1. The molecule has 3 N–H and O–H groups in total. The van der Waals surface area contributed by atoms with E-state index in [0.717, 1.165) is 5.56 Å². The number of hydrogen-bond acceptors (Lipinski definition) is 8. The first-order valence-corrected chi connectivity index (χ1v) is 10.2. The Kier molecular flexibility index (Phi) is 5.91. The van der Waals surface area contributed by atoms with Crippen LogP contribution >= 0.6 is 0 Å². The largest absolute Gasteiger partial charge is 0.494 e. The lowest BCUT2D eigenvalue weighted by molar-refractivity contribution is -0.132. The number of nitrogens with zero attached hydrogens (tertiary/aromatic N) is 2. The van der Waals surface area contributed by atoms with Gasteiger partial charge < -0.3 is 24.7 Å². The fourth-order valence-corrected chi connectivity index (χ4v) is 3.81. The summed E-state index contributed by atoms with van der Waals surface area (Å²) in [7, 11) is 1.47. The standard InChI is InChI=1S/C24H22N4O5/c1-4-31-16-7-5-6-15(10-16)22-21-20(17(12-25)23(26)33-24(21)28-27-22)14-8-9-18(32-13(2)29)19(11-14)30-3/h5-11,20H,4,26H2,1-3H3,(H,27,28). The minimum Gasteiger partial charge on any atom is -0.494 e. The first-order valence-electron chi connectivity index (χ1n) is 10.2. The molecule has 1 atom stereocenters. The molecule has 1 aromatic heterocycles. The second-order valence-corrected chi connectivity index (χ2v) is 7.21. The quantitative estimate of drug-likeness (QED) is 0.433. The predicted molar refractivity (Wildman–Crippen MR) is 119 cm³/mol. The average molecular weight is 446 g/mol. The third-order valence-electron chi connectivity index (χ3n) is 5.15. The van der Waals surface area contributed by atoms with Gasteiger partial charge in [-0.15, -0.1) is 5.10 Å². The van der Waals surface area contributed by atoms with Crippen LogP contribution in [0.4, 0.5) is 0 Å². The first kappa shape index (κ1) is 21.8. The minimum absolute atomic E-state index is 0.0286. The highest BCUT2D eigenvalue weighted by Crippen LogP contribution is 2.47. The summed E-state index contributed by atoms with van der Waals surface area (Å²) in [5, 5.41) is 17.2. The SMILES string of the molecule is CCOc1cccc(-c2[nH]nc3c2C(c2ccc(OC(C)=O)c(OC)c2)C(C#N)=C(N)O3)c1. The smallest absolute Gasteiger partial charge is 0.308 e. The highest BCUT2D eigenvalue weighted by atomic mass is 16.6. The second-order valence-electron chi connectivity index (χ2n) is 7.21. The van der Waals surface area contributed by atoms with Gasteiger partial charge in [-0.2, -0.15) is 5.26 Å². The lowest BCUT2D eigenvalue weighted by Gasteiger charge is -2.24. The van der Waals surface area contributed by atoms with Crippen molar-refractivity contribution in [1.29, 1.82) is 5.26 Å². The second kappa shape index (κ2) is 8.96. The molecule has 0 fully saturated rings. The molecular formula is C24H22N4O5. The van der Waals surface area contributed by atoms with Crippen molar-refractivity contribution in [2.75, 3.05) is 13.7 Å². The summed E-state index contributed by atoms with van der Waals surface area (Å²) in [5.41, 5.74) is 9.12. The van der Waals surface area contributed by atoms with E-state index in [9.17, 15) is 10.1 Å². The molecule has 1 unspecified atom stereocenters. The summed E-state index contributed by atoms with van der Waals surface area (Å²) >= 11 is 0. The predicted octanol–water partition coefficient (Wildman–Crippen LogP) is 3.63. The number of carbonyl (C=O) groups is 1. The number of nitrogens with one attached hydrogen (secondary N) is 1. The van der Waals surface area contributed by atoms with E-state index in [4.69, 9.17) is 24.7 Å². The molecule has 2 aromatic carbocycles. The van der Waals surface area contributed by atoms with Gasteiger partial charge in [-0.1, -0.05) is 18.2 Å². The Bertz CT molecular complexity index is 1290.